The normalized spacial score (nSPS) is 20.8. The van der Waals surface area contributed by atoms with E-state index >= 15 is 0 Å². The second-order valence-corrected chi connectivity index (χ2v) is 6.16. The molecule has 1 aromatic carbocycles. The lowest BCUT2D eigenvalue weighted by molar-refractivity contribution is 0.129. The van der Waals surface area contributed by atoms with E-state index in [1.54, 1.807) is 0 Å². The van der Waals surface area contributed by atoms with Crippen molar-refractivity contribution in [2.45, 2.75) is 64.0 Å². The largest absolute Gasteiger partial charge is 0.320 e. The average molecular weight is 274 g/mol. The molecule has 112 valence electrons. The number of likely N-dealkylation sites (tertiary alicyclic amines) is 1. The zero-order valence-corrected chi connectivity index (χ0v) is 13.1. The zero-order chi connectivity index (χ0) is 14.4. The zero-order valence-electron chi connectivity index (χ0n) is 13.1. The summed E-state index contributed by atoms with van der Waals surface area (Å²) in [7, 11) is 0. The van der Waals surface area contributed by atoms with Crippen LogP contribution in [0.25, 0.3) is 0 Å². The van der Waals surface area contributed by atoms with Crippen LogP contribution < -0.4 is 5.73 Å². The first-order chi connectivity index (χ1) is 9.72. The van der Waals surface area contributed by atoms with Gasteiger partial charge in [-0.25, -0.2) is 0 Å². The topological polar surface area (TPSA) is 29.3 Å². The van der Waals surface area contributed by atoms with Gasteiger partial charge in [0.05, 0.1) is 5.54 Å². The van der Waals surface area contributed by atoms with Crippen molar-refractivity contribution in [3.05, 3.63) is 35.9 Å². The summed E-state index contributed by atoms with van der Waals surface area (Å²) in [6.45, 7) is 6.95. The molecule has 0 aliphatic carbocycles. The summed E-state index contributed by atoms with van der Waals surface area (Å²) < 4.78 is 0. The van der Waals surface area contributed by atoms with Gasteiger partial charge in [0.1, 0.15) is 0 Å². The van der Waals surface area contributed by atoms with Crippen molar-refractivity contribution < 1.29 is 0 Å². The Morgan fingerprint density at radius 1 is 1.15 bits per heavy atom. The molecule has 2 nitrogen and oxygen atoms in total. The van der Waals surface area contributed by atoms with Crippen LogP contribution >= 0.6 is 0 Å². The maximum atomic E-state index is 6.94. The Labute approximate surface area is 124 Å². The van der Waals surface area contributed by atoms with Crippen molar-refractivity contribution in [1.29, 1.82) is 0 Å². The van der Waals surface area contributed by atoms with Crippen LogP contribution in [-0.2, 0) is 5.54 Å². The Balaban J connectivity index is 2.27. The molecule has 1 saturated heterocycles. The lowest BCUT2D eigenvalue weighted by Crippen LogP contribution is -2.55. The highest BCUT2D eigenvalue weighted by atomic mass is 15.2. The summed E-state index contributed by atoms with van der Waals surface area (Å²) in [6, 6.07) is 11.2. The van der Waals surface area contributed by atoms with E-state index in [0.717, 1.165) is 6.42 Å². The standard InChI is InChI=1S/C18H30N2/c1-3-5-13-17(20-14-9-10-15-20)18(19,4-2)16-11-7-6-8-12-16/h6-8,11-12,17H,3-5,9-10,13-15,19H2,1-2H3. The monoisotopic (exact) mass is 274 g/mol. The third-order valence-corrected chi connectivity index (χ3v) is 4.90. The highest BCUT2D eigenvalue weighted by molar-refractivity contribution is 5.26. The van der Waals surface area contributed by atoms with Crippen LogP contribution in [0.3, 0.4) is 0 Å². The van der Waals surface area contributed by atoms with E-state index in [1.165, 1.54) is 50.8 Å². The van der Waals surface area contributed by atoms with Gasteiger partial charge in [-0.05, 0) is 44.3 Å². The average Bonchev–Trinajstić information content (AvgIpc) is 3.02. The minimum Gasteiger partial charge on any atom is -0.320 e. The van der Waals surface area contributed by atoms with Crippen LogP contribution in [0.2, 0.25) is 0 Å². The molecule has 2 atom stereocenters. The van der Waals surface area contributed by atoms with Crippen molar-refractivity contribution in [2.24, 2.45) is 5.73 Å². The van der Waals surface area contributed by atoms with E-state index in [9.17, 15) is 0 Å². The van der Waals surface area contributed by atoms with E-state index in [1.807, 2.05) is 0 Å². The summed E-state index contributed by atoms with van der Waals surface area (Å²) in [5.74, 6) is 0. The lowest BCUT2D eigenvalue weighted by Gasteiger charge is -2.43. The molecule has 1 heterocycles. The highest BCUT2D eigenvalue weighted by Crippen LogP contribution is 2.34. The predicted octanol–water partition coefficient (Wildman–Crippen LogP) is 3.91. The van der Waals surface area contributed by atoms with Crippen molar-refractivity contribution >= 4 is 0 Å². The molecular weight excluding hydrogens is 244 g/mol. The molecule has 2 unspecified atom stereocenters. The van der Waals surface area contributed by atoms with E-state index in [0.29, 0.717) is 6.04 Å². The lowest BCUT2D eigenvalue weighted by atomic mass is 9.78. The SMILES string of the molecule is CCCCC(N1CCCC1)C(N)(CC)c1ccccc1. The van der Waals surface area contributed by atoms with E-state index in [2.05, 4.69) is 49.1 Å². The molecule has 1 aliphatic heterocycles. The molecule has 0 radical (unpaired) electrons. The van der Waals surface area contributed by atoms with Gasteiger partial charge in [0.25, 0.3) is 0 Å². The number of hydrogen-bond donors (Lipinski definition) is 1. The molecular formula is C18H30N2. The van der Waals surface area contributed by atoms with Gasteiger partial charge in [0, 0.05) is 6.04 Å². The minimum atomic E-state index is -0.208. The molecule has 2 heteroatoms. The first-order valence-corrected chi connectivity index (χ1v) is 8.30. The quantitative estimate of drug-likeness (QED) is 0.817. The number of benzene rings is 1. The second-order valence-electron chi connectivity index (χ2n) is 6.16. The molecule has 1 aliphatic rings. The number of hydrogen-bond acceptors (Lipinski definition) is 2. The van der Waals surface area contributed by atoms with E-state index < -0.39 is 0 Å². The molecule has 1 fully saturated rings. The van der Waals surface area contributed by atoms with Gasteiger partial charge in [-0.1, -0.05) is 57.0 Å². The predicted molar refractivity (Wildman–Crippen MR) is 86.7 cm³/mol. The summed E-state index contributed by atoms with van der Waals surface area (Å²) in [6.07, 6.45) is 7.40. The summed E-state index contributed by atoms with van der Waals surface area (Å²) in [5, 5.41) is 0. The number of unbranched alkanes of at least 4 members (excludes halogenated alkanes) is 1. The summed E-state index contributed by atoms with van der Waals surface area (Å²) in [5.41, 5.74) is 8.04. The molecule has 2 rings (SSSR count). The van der Waals surface area contributed by atoms with Gasteiger partial charge in [-0.3, -0.25) is 4.90 Å². The number of nitrogens with zero attached hydrogens (tertiary/aromatic N) is 1. The van der Waals surface area contributed by atoms with Gasteiger partial charge < -0.3 is 5.73 Å². The third kappa shape index (κ3) is 3.24. The molecule has 2 N–H and O–H groups in total. The second kappa shape index (κ2) is 7.24. The smallest absolute Gasteiger partial charge is 0.0564 e. The number of nitrogens with two attached hydrogens (primary N) is 1. The molecule has 0 bridgehead atoms. The van der Waals surface area contributed by atoms with Crippen LogP contribution in [0.15, 0.2) is 30.3 Å². The first-order valence-electron chi connectivity index (χ1n) is 8.30. The fourth-order valence-electron chi connectivity index (χ4n) is 3.60. The maximum absolute atomic E-state index is 6.94. The molecule has 0 amide bonds. The molecule has 20 heavy (non-hydrogen) atoms. The van der Waals surface area contributed by atoms with Crippen molar-refractivity contribution in [2.75, 3.05) is 13.1 Å². The maximum Gasteiger partial charge on any atom is 0.0564 e. The molecule has 0 spiro atoms. The molecule has 1 aromatic rings. The van der Waals surface area contributed by atoms with Crippen molar-refractivity contribution in [1.82, 2.24) is 4.90 Å². The Morgan fingerprint density at radius 3 is 2.35 bits per heavy atom. The van der Waals surface area contributed by atoms with Gasteiger partial charge in [-0.2, -0.15) is 0 Å². The minimum absolute atomic E-state index is 0.208. The van der Waals surface area contributed by atoms with Crippen LogP contribution in [0.4, 0.5) is 0 Å². The van der Waals surface area contributed by atoms with E-state index in [4.69, 9.17) is 5.73 Å². The van der Waals surface area contributed by atoms with Crippen LogP contribution in [0.1, 0.15) is 57.9 Å². The van der Waals surface area contributed by atoms with Crippen molar-refractivity contribution in [3.8, 4) is 0 Å². The highest BCUT2D eigenvalue weighted by Gasteiger charge is 2.38. The van der Waals surface area contributed by atoms with Crippen LogP contribution in [0, 0.1) is 0 Å². The van der Waals surface area contributed by atoms with Gasteiger partial charge >= 0.3 is 0 Å². The Hall–Kier alpha value is -0.860. The Kier molecular flexibility index (Phi) is 5.62. The van der Waals surface area contributed by atoms with Crippen molar-refractivity contribution in [3.63, 3.8) is 0 Å². The first kappa shape index (κ1) is 15.5. The number of rotatable bonds is 7. The Bertz CT molecular complexity index is 384. The molecule has 0 aromatic heterocycles. The Morgan fingerprint density at radius 2 is 1.80 bits per heavy atom. The third-order valence-electron chi connectivity index (χ3n) is 4.90. The van der Waals surface area contributed by atoms with E-state index in [-0.39, 0.29) is 5.54 Å². The fourth-order valence-corrected chi connectivity index (χ4v) is 3.60. The van der Waals surface area contributed by atoms with Gasteiger partial charge in [-0.15, -0.1) is 0 Å². The summed E-state index contributed by atoms with van der Waals surface area (Å²) in [4.78, 5) is 2.64. The van der Waals surface area contributed by atoms with Gasteiger partial charge in [0.2, 0.25) is 0 Å². The fraction of sp³-hybridized carbons (Fsp3) is 0.667. The van der Waals surface area contributed by atoms with Gasteiger partial charge in [0.15, 0.2) is 0 Å². The van der Waals surface area contributed by atoms with Crippen LogP contribution in [-0.4, -0.2) is 24.0 Å². The van der Waals surface area contributed by atoms with Crippen LogP contribution in [0.5, 0.6) is 0 Å². The molecule has 0 saturated carbocycles. The summed E-state index contributed by atoms with van der Waals surface area (Å²) >= 11 is 0.